The first kappa shape index (κ1) is 16.2. The molecule has 0 bridgehead atoms. The fourth-order valence-corrected chi connectivity index (χ4v) is 2.94. The zero-order valence-corrected chi connectivity index (χ0v) is 14.2. The van der Waals surface area contributed by atoms with Gasteiger partial charge in [-0.2, -0.15) is 0 Å². The third-order valence-electron chi connectivity index (χ3n) is 3.41. The summed E-state index contributed by atoms with van der Waals surface area (Å²) in [6, 6.07) is 14.6. The summed E-state index contributed by atoms with van der Waals surface area (Å²) in [4.78, 5) is 0. The van der Waals surface area contributed by atoms with Crippen molar-refractivity contribution in [2.45, 2.75) is 6.54 Å². The van der Waals surface area contributed by atoms with E-state index in [0.29, 0.717) is 12.2 Å². The van der Waals surface area contributed by atoms with E-state index in [4.69, 9.17) is 9.15 Å². The van der Waals surface area contributed by atoms with Crippen molar-refractivity contribution in [2.75, 3.05) is 23.4 Å². The first-order valence-electron chi connectivity index (χ1n) is 7.31. The molecule has 0 aliphatic rings. The fraction of sp³-hybridized carbons (Fsp3) is 0.176. The Balaban J connectivity index is 1.72. The summed E-state index contributed by atoms with van der Waals surface area (Å²) in [5, 5.41) is 4.19. The minimum atomic E-state index is -3.29. The molecule has 0 aliphatic carbocycles. The molecule has 7 heteroatoms. The van der Waals surface area contributed by atoms with E-state index in [2.05, 4.69) is 10.0 Å². The quantitative estimate of drug-likeness (QED) is 0.715. The summed E-state index contributed by atoms with van der Waals surface area (Å²) in [6.45, 7) is 0.485. The van der Waals surface area contributed by atoms with E-state index in [-0.39, 0.29) is 0 Å². The van der Waals surface area contributed by atoms with Crippen molar-refractivity contribution in [3.05, 3.63) is 54.3 Å². The SMILES string of the molecule is COc1ccc2oc(CNc3cccc(NS(C)(=O)=O)c3)cc2c1. The molecule has 3 rings (SSSR count). The van der Waals surface area contributed by atoms with E-state index in [0.717, 1.165) is 34.4 Å². The van der Waals surface area contributed by atoms with E-state index < -0.39 is 10.0 Å². The Morgan fingerprint density at radius 3 is 2.62 bits per heavy atom. The Morgan fingerprint density at radius 2 is 1.88 bits per heavy atom. The van der Waals surface area contributed by atoms with Gasteiger partial charge in [-0.1, -0.05) is 6.07 Å². The first-order valence-corrected chi connectivity index (χ1v) is 9.20. The number of hydrogen-bond acceptors (Lipinski definition) is 5. The number of fused-ring (bicyclic) bond motifs is 1. The summed E-state index contributed by atoms with van der Waals surface area (Å²) < 4.78 is 36.0. The number of ether oxygens (including phenoxy) is 1. The molecule has 2 N–H and O–H groups in total. The third kappa shape index (κ3) is 3.99. The van der Waals surface area contributed by atoms with Gasteiger partial charge in [0, 0.05) is 11.1 Å². The molecule has 0 unspecified atom stereocenters. The number of furan rings is 1. The lowest BCUT2D eigenvalue weighted by Gasteiger charge is -2.08. The predicted molar refractivity (Wildman–Crippen MR) is 95.0 cm³/mol. The zero-order chi connectivity index (χ0) is 17.2. The van der Waals surface area contributed by atoms with Gasteiger partial charge in [-0.05, 0) is 42.5 Å². The lowest BCUT2D eigenvalue weighted by molar-refractivity contribution is 0.415. The average Bonchev–Trinajstić information content (AvgIpc) is 2.93. The van der Waals surface area contributed by atoms with Crippen molar-refractivity contribution < 1.29 is 17.6 Å². The van der Waals surface area contributed by atoms with Gasteiger partial charge >= 0.3 is 0 Å². The number of nitrogens with one attached hydrogen (secondary N) is 2. The van der Waals surface area contributed by atoms with Crippen LogP contribution in [0.4, 0.5) is 11.4 Å². The predicted octanol–water partition coefficient (Wildman–Crippen LogP) is 3.43. The Labute approximate surface area is 140 Å². The molecule has 3 aromatic rings. The van der Waals surface area contributed by atoms with Crippen LogP contribution in [-0.2, 0) is 16.6 Å². The lowest BCUT2D eigenvalue weighted by Crippen LogP contribution is -2.09. The molecule has 0 atom stereocenters. The second-order valence-electron chi connectivity index (χ2n) is 5.43. The highest BCUT2D eigenvalue weighted by atomic mass is 32.2. The molecule has 0 amide bonds. The van der Waals surface area contributed by atoms with Gasteiger partial charge in [0.05, 0.1) is 25.6 Å². The summed E-state index contributed by atoms with van der Waals surface area (Å²) in [5.41, 5.74) is 2.10. The summed E-state index contributed by atoms with van der Waals surface area (Å²) in [7, 11) is -1.67. The van der Waals surface area contributed by atoms with Gasteiger partial charge in [0.1, 0.15) is 17.1 Å². The highest BCUT2D eigenvalue weighted by Crippen LogP contribution is 2.25. The number of sulfonamides is 1. The molecule has 0 saturated heterocycles. The van der Waals surface area contributed by atoms with Crippen LogP contribution < -0.4 is 14.8 Å². The number of rotatable bonds is 6. The molecule has 0 radical (unpaired) electrons. The van der Waals surface area contributed by atoms with Crippen LogP contribution in [0.25, 0.3) is 11.0 Å². The Morgan fingerprint density at radius 1 is 1.08 bits per heavy atom. The van der Waals surface area contributed by atoms with Crippen molar-refractivity contribution >= 4 is 32.4 Å². The van der Waals surface area contributed by atoms with Gasteiger partial charge < -0.3 is 14.5 Å². The monoisotopic (exact) mass is 346 g/mol. The lowest BCUT2D eigenvalue weighted by atomic mass is 10.2. The van der Waals surface area contributed by atoms with Crippen LogP contribution in [0.15, 0.2) is 52.9 Å². The van der Waals surface area contributed by atoms with E-state index in [1.807, 2.05) is 30.3 Å². The molecule has 2 aromatic carbocycles. The van der Waals surface area contributed by atoms with Crippen LogP contribution in [0.1, 0.15) is 5.76 Å². The smallest absolute Gasteiger partial charge is 0.229 e. The van der Waals surface area contributed by atoms with Crippen LogP contribution in [-0.4, -0.2) is 21.8 Å². The van der Waals surface area contributed by atoms with E-state index in [9.17, 15) is 8.42 Å². The summed E-state index contributed by atoms with van der Waals surface area (Å²) >= 11 is 0. The van der Waals surface area contributed by atoms with Crippen LogP contribution in [0.3, 0.4) is 0 Å². The number of anilines is 2. The average molecular weight is 346 g/mol. The standard InChI is InChI=1S/C17H18N2O4S/c1-22-15-6-7-17-12(8-15)9-16(23-17)11-18-13-4-3-5-14(10-13)19-24(2,20)21/h3-10,18-19H,11H2,1-2H3. The van der Waals surface area contributed by atoms with Gasteiger partial charge in [0.2, 0.25) is 10.0 Å². The van der Waals surface area contributed by atoms with Crippen molar-refractivity contribution in [2.24, 2.45) is 0 Å². The Hall–Kier alpha value is -2.67. The number of benzene rings is 2. The molecule has 0 fully saturated rings. The maximum absolute atomic E-state index is 11.3. The maximum Gasteiger partial charge on any atom is 0.229 e. The molecule has 1 aromatic heterocycles. The zero-order valence-electron chi connectivity index (χ0n) is 13.4. The molecular formula is C17H18N2O4S. The first-order chi connectivity index (χ1) is 11.4. The number of methoxy groups -OCH3 is 1. The van der Waals surface area contributed by atoms with Crippen molar-refractivity contribution in [3.8, 4) is 5.75 Å². The Kier molecular flexibility index (Phi) is 4.35. The van der Waals surface area contributed by atoms with Crippen LogP contribution in [0.2, 0.25) is 0 Å². The van der Waals surface area contributed by atoms with Gasteiger partial charge in [0.15, 0.2) is 0 Å². The fourth-order valence-electron chi connectivity index (χ4n) is 2.39. The minimum Gasteiger partial charge on any atom is -0.497 e. The molecule has 0 aliphatic heterocycles. The second-order valence-corrected chi connectivity index (χ2v) is 7.17. The molecular weight excluding hydrogens is 328 g/mol. The second kappa shape index (κ2) is 6.45. The molecule has 6 nitrogen and oxygen atoms in total. The normalized spacial score (nSPS) is 11.4. The van der Waals surface area contributed by atoms with E-state index in [1.54, 1.807) is 25.3 Å². The molecule has 126 valence electrons. The summed E-state index contributed by atoms with van der Waals surface area (Å²) in [5.74, 6) is 1.56. The third-order valence-corrected chi connectivity index (χ3v) is 4.01. The van der Waals surface area contributed by atoms with Crippen LogP contribution in [0.5, 0.6) is 5.75 Å². The topological polar surface area (TPSA) is 80.6 Å². The number of hydrogen-bond donors (Lipinski definition) is 2. The molecule has 0 saturated carbocycles. The molecule has 1 heterocycles. The molecule has 24 heavy (non-hydrogen) atoms. The van der Waals surface area contributed by atoms with Gasteiger partial charge in [-0.25, -0.2) is 8.42 Å². The Bertz CT molecular complexity index is 964. The van der Waals surface area contributed by atoms with Crippen LogP contribution >= 0.6 is 0 Å². The van der Waals surface area contributed by atoms with Gasteiger partial charge in [-0.15, -0.1) is 0 Å². The van der Waals surface area contributed by atoms with Crippen molar-refractivity contribution in [3.63, 3.8) is 0 Å². The van der Waals surface area contributed by atoms with Crippen LogP contribution in [0, 0.1) is 0 Å². The van der Waals surface area contributed by atoms with Crippen molar-refractivity contribution in [1.29, 1.82) is 0 Å². The van der Waals surface area contributed by atoms with Crippen molar-refractivity contribution in [1.82, 2.24) is 0 Å². The minimum absolute atomic E-state index is 0.485. The van der Waals surface area contributed by atoms with Gasteiger partial charge in [0.25, 0.3) is 0 Å². The maximum atomic E-state index is 11.3. The molecule has 0 spiro atoms. The van der Waals surface area contributed by atoms with E-state index in [1.165, 1.54) is 0 Å². The summed E-state index contributed by atoms with van der Waals surface area (Å²) in [6.07, 6.45) is 1.12. The largest absolute Gasteiger partial charge is 0.497 e. The van der Waals surface area contributed by atoms with E-state index >= 15 is 0 Å². The van der Waals surface area contributed by atoms with Gasteiger partial charge in [-0.3, -0.25) is 4.72 Å². The highest BCUT2D eigenvalue weighted by Gasteiger charge is 2.06. The highest BCUT2D eigenvalue weighted by molar-refractivity contribution is 7.92.